The van der Waals surface area contributed by atoms with Crippen molar-refractivity contribution in [1.29, 1.82) is 0 Å². The van der Waals surface area contributed by atoms with Gasteiger partial charge in [0.25, 0.3) is 0 Å². The summed E-state index contributed by atoms with van der Waals surface area (Å²) < 4.78 is 16.4. The van der Waals surface area contributed by atoms with Crippen LogP contribution < -0.4 is 35.9 Å². The molecule has 1 aromatic carbocycles. The van der Waals surface area contributed by atoms with Crippen molar-refractivity contribution in [2.45, 2.75) is 50.7 Å². The molecule has 0 aromatic heterocycles. The van der Waals surface area contributed by atoms with Gasteiger partial charge in [-0.15, -0.1) is 0 Å². The Morgan fingerprint density at radius 1 is 1.11 bits per heavy atom. The van der Waals surface area contributed by atoms with Crippen molar-refractivity contribution >= 4 is 0 Å². The number of nitrogens with one attached hydrogen (secondary N) is 3. The average Bonchev–Trinajstić information content (AvgIpc) is 3.03. The van der Waals surface area contributed by atoms with Crippen molar-refractivity contribution < 1.29 is 14.2 Å². The molecule has 0 aliphatic carbocycles. The lowest BCUT2D eigenvalue weighted by Crippen LogP contribution is -2.67. The molecule has 0 amide bonds. The van der Waals surface area contributed by atoms with Crippen LogP contribution in [0.2, 0.25) is 0 Å². The van der Waals surface area contributed by atoms with Gasteiger partial charge in [0.15, 0.2) is 11.5 Å². The van der Waals surface area contributed by atoms with Crippen molar-refractivity contribution in [3.63, 3.8) is 0 Å². The predicted molar refractivity (Wildman–Crippen MR) is 105 cm³/mol. The maximum absolute atomic E-state index is 6.30. The van der Waals surface area contributed by atoms with Gasteiger partial charge in [0.05, 0.1) is 45.9 Å². The summed E-state index contributed by atoms with van der Waals surface area (Å²) in [4.78, 5) is 2.50. The lowest BCUT2D eigenvalue weighted by Gasteiger charge is -2.36. The van der Waals surface area contributed by atoms with Gasteiger partial charge in [-0.3, -0.25) is 20.9 Å². The maximum Gasteiger partial charge on any atom is 0.203 e. The SMILES string of the molecule is CCCCN1C(Cc2cc(OC)c(OC)c(OC)c2)NC2C(N)NCNC21. The third-order valence-electron chi connectivity index (χ3n) is 5.44. The lowest BCUT2D eigenvalue weighted by molar-refractivity contribution is 0.131. The van der Waals surface area contributed by atoms with Gasteiger partial charge < -0.3 is 19.9 Å². The summed E-state index contributed by atoms with van der Waals surface area (Å²) >= 11 is 0. The number of rotatable bonds is 8. The van der Waals surface area contributed by atoms with Crippen molar-refractivity contribution in [2.75, 3.05) is 34.5 Å². The first-order valence-corrected chi connectivity index (χ1v) is 9.66. The van der Waals surface area contributed by atoms with Gasteiger partial charge in [0.1, 0.15) is 0 Å². The molecule has 3 rings (SSSR count). The molecule has 8 nitrogen and oxygen atoms in total. The van der Waals surface area contributed by atoms with Crippen LogP contribution in [0.3, 0.4) is 0 Å². The van der Waals surface area contributed by atoms with E-state index in [4.69, 9.17) is 19.9 Å². The number of nitrogens with zero attached hydrogens (tertiary/aromatic N) is 1. The molecular formula is C19H33N5O3. The molecular weight excluding hydrogens is 346 g/mol. The van der Waals surface area contributed by atoms with E-state index in [2.05, 4.69) is 27.8 Å². The van der Waals surface area contributed by atoms with E-state index in [0.717, 1.165) is 38.0 Å². The molecule has 0 saturated carbocycles. The third-order valence-corrected chi connectivity index (χ3v) is 5.44. The number of hydrogen-bond donors (Lipinski definition) is 4. The zero-order valence-corrected chi connectivity index (χ0v) is 16.7. The molecule has 0 bridgehead atoms. The summed E-state index contributed by atoms with van der Waals surface area (Å²) in [5, 5.41) is 10.6. The Balaban J connectivity index is 1.84. The molecule has 0 radical (unpaired) electrons. The molecule has 4 atom stereocenters. The van der Waals surface area contributed by atoms with Gasteiger partial charge in [0, 0.05) is 19.6 Å². The fourth-order valence-corrected chi connectivity index (χ4v) is 4.05. The van der Waals surface area contributed by atoms with E-state index in [9.17, 15) is 0 Å². The number of benzene rings is 1. The standard InChI is InChI=1S/C19H33N5O3/c1-5-6-7-24-15(23-16-18(20)21-11-22-19(16)24)10-12-8-13(25-2)17(27-4)14(9-12)26-3/h8-9,15-16,18-19,21-23H,5-7,10-11,20H2,1-4H3. The second-order valence-electron chi connectivity index (χ2n) is 7.09. The molecule has 2 heterocycles. The average molecular weight is 380 g/mol. The normalized spacial score (nSPS) is 28.0. The first kappa shape index (κ1) is 20.2. The molecule has 8 heteroatoms. The summed E-state index contributed by atoms with van der Waals surface area (Å²) in [5.41, 5.74) is 7.43. The van der Waals surface area contributed by atoms with Gasteiger partial charge in [0.2, 0.25) is 5.75 Å². The molecule has 152 valence electrons. The summed E-state index contributed by atoms with van der Waals surface area (Å²) in [6, 6.07) is 4.21. The van der Waals surface area contributed by atoms with E-state index < -0.39 is 0 Å². The zero-order chi connectivity index (χ0) is 19.4. The number of ether oxygens (including phenoxy) is 3. The van der Waals surface area contributed by atoms with E-state index in [1.165, 1.54) is 0 Å². The number of unbranched alkanes of at least 4 members (excludes halogenated alkanes) is 1. The van der Waals surface area contributed by atoms with Crippen LogP contribution in [0.5, 0.6) is 17.2 Å². The summed E-state index contributed by atoms with van der Waals surface area (Å²) in [7, 11) is 4.91. The second kappa shape index (κ2) is 9.07. The minimum atomic E-state index is -0.0645. The molecule has 1 aromatic rings. The number of fused-ring (bicyclic) bond motifs is 1. The topological polar surface area (TPSA) is 93.0 Å². The van der Waals surface area contributed by atoms with Crippen LogP contribution in [0.15, 0.2) is 12.1 Å². The minimum Gasteiger partial charge on any atom is -0.493 e. The third kappa shape index (κ3) is 4.14. The van der Waals surface area contributed by atoms with Gasteiger partial charge in [-0.1, -0.05) is 13.3 Å². The highest BCUT2D eigenvalue weighted by Crippen LogP contribution is 2.38. The van der Waals surface area contributed by atoms with Gasteiger partial charge >= 0.3 is 0 Å². The largest absolute Gasteiger partial charge is 0.493 e. The highest BCUT2D eigenvalue weighted by molar-refractivity contribution is 5.54. The number of nitrogens with two attached hydrogens (primary N) is 1. The summed E-state index contributed by atoms with van der Waals surface area (Å²) in [6.45, 7) is 3.97. The van der Waals surface area contributed by atoms with Crippen LogP contribution in [0, 0.1) is 0 Å². The number of hydrogen-bond acceptors (Lipinski definition) is 8. The first-order chi connectivity index (χ1) is 13.1. The Morgan fingerprint density at radius 3 is 2.41 bits per heavy atom. The van der Waals surface area contributed by atoms with Crippen molar-refractivity contribution in [2.24, 2.45) is 5.73 Å². The zero-order valence-electron chi connectivity index (χ0n) is 16.7. The van der Waals surface area contributed by atoms with Crippen LogP contribution in [0.25, 0.3) is 0 Å². The van der Waals surface area contributed by atoms with Crippen LogP contribution >= 0.6 is 0 Å². The van der Waals surface area contributed by atoms with Crippen LogP contribution in [0.1, 0.15) is 25.3 Å². The fourth-order valence-electron chi connectivity index (χ4n) is 4.05. The van der Waals surface area contributed by atoms with E-state index in [0.29, 0.717) is 17.2 Å². The van der Waals surface area contributed by atoms with Crippen molar-refractivity contribution in [3.05, 3.63) is 17.7 Å². The Morgan fingerprint density at radius 2 is 1.81 bits per heavy atom. The van der Waals surface area contributed by atoms with Gasteiger partial charge in [-0.25, -0.2) is 0 Å². The highest BCUT2D eigenvalue weighted by atomic mass is 16.5. The molecule has 0 spiro atoms. The minimum absolute atomic E-state index is 0.0645. The monoisotopic (exact) mass is 379 g/mol. The second-order valence-corrected chi connectivity index (χ2v) is 7.09. The Hall–Kier alpha value is -1.58. The summed E-state index contributed by atoms with van der Waals surface area (Å²) in [6.07, 6.45) is 3.50. The Kier molecular flexibility index (Phi) is 6.78. The van der Waals surface area contributed by atoms with E-state index in [-0.39, 0.29) is 24.5 Å². The quantitative estimate of drug-likeness (QED) is 0.516. The molecule has 2 saturated heterocycles. The fraction of sp³-hybridized carbons (Fsp3) is 0.684. The van der Waals surface area contributed by atoms with Gasteiger partial charge in [-0.2, -0.15) is 0 Å². The molecule has 2 fully saturated rings. The van der Waals surface area contributed by atoms with Crippen molar-refractivity contribution in [1.82, 2.24) is 20.9 Å². The molecule has 27 heavy (non-hydrogen) atoms. The van der Waals surface area contributed by atoms with Crippen LogP contribution in [0.4, 0.5) is 0 Å². The van der Waals surface area contributed by atoms with Crippen LogP contribution in [-0.4, -0.2) is 64.0 Å². The number of methoxy groups -OCH3 is 3. The molecule has 2 aliphatic rings. The van der Waals surface area contributed by atoms with E-state index in [1.807, 2.05) is 12.1 Å². The maximum atomic E-state index is 6.30. The summed E-state index contributed by atoms with van der Waals surface area (Å²) in [5.74, 6) is 1.98. The van der Waals surface area contributed by atoms with Crippen LogP contribution in [-0.2, 0) is 6.42 Å². The first-order valence-electron chi connectivity index (χ1n) is 9.66. The molecule has 2 aliphatic heterocycles. The van der Waals surface area contributed by atoms with Crippen molar-refractivity contribution in [3.8, 4) is 17.2 Å². The Bertz CT molecular complexity index is 604. The van der Waals surface area contributed by atoms with E-state index in [1.54, 1.807) is 21.3 Å². The predicted octanol–water partition coefficient (Wildman–Crippen LogP) is 0.416. The Labute approximate surface area is 161 Å². The smallest absolute Gasteiger partial charge is 0.203 e. The highest BCUT2D eigenvalue weighted by Gasteiger charge is 2.44. The lowest BCUT2D eigenvalue weighted by atomic mass is 10.1. The van der Waals surface area contributed by atoms with Gasteiger partial charge in [-0.05, 0) is 24.1 Å². The molecule has 4 unspecified atom stereocenters. The van der Waals surface area contributed by atoms with E-state index >= 15 is 0 Å². The molecule has 5 N–H and O–H groups in total.